The van der Waals surface area contributed by atoms with Crippen molar-refractivity contribution >= 4 is 5.91 Å². The molecular formula is C10H17N7O. The first-order valence-corrected chi connectivity index (χ1v) is 5.60. The first kappa shape index (κ1) is 14.0. The van der Waals surface area contributed by atoms with E-state index in [4.69, 9.17) is 11.3 Å². The highest BCUT2D eigenvalue weighted by atomic mass is 16.1. The normalized spacial score (nSPS) is 11.9. The molecule has 1 atom stereocenters. The van der Waals surface area contributed by atoms with Gasteiger partial charge in [0.05, 0.1) is 6.20 Å². The van der Waals surface area contributed by atoms with Crippen LogP contribution in [0.5, 0.6) is 0 Å². The van der Waals surface area contributed by atoms with Gasteiger partial charge in [-0.3, -0.25) is 9.48 Å². The minimum Gasteiger partial charge on any atom is -0.368 e. The van der Waals surface area contributed by atoms with E-state index in [1.165, 1.54) is 0 Å². The van der Waals surface area contributed by atoms with Gasteiger partial charge >= 0.3 is 0 Å². The number of aryl methyl sites for hydroxylation is 1. The minimum absolute atomic E-state index is 0.390. The molecule has 3 N–H and O–H groups in total. The molecule has 0 aliphatic heterocycles. The van der Waals surface area contributed by atoms with Gasteiger partial charge in [0.1, 0.15) is 6.04 Å². The molecule has 18 heavy (non-hydrogen) atoms. The van der Waals surface area contributed by atoms with E-state index in [-0.39, 0.29) is 0 Å². The Kier molecular flexibility index (Phi) is 5.16. The zero-order chi connectivity index (χ0) is 13.5. The summed E-state index contributed by atoms with van der Waals surface area (Å²) in [4.78, 5) is 14.1. The molecule has 0 aliphatic carbocycles. The molecule has 8 heteroatoms. The first-order chi connectivity index (χ1) is 8.57. The maximum absolute atomic E-state index is 11.4. The zero-order valence-electron chi connectivity index (χ0n) is 10.5. The number of aromatic nitrogens is 2. The zero-order valence-corrected chi connectivity index (χ0v) is 10.5. The third-order valence-electron chi connectivity index (χ3n) is 2.72. The van der Waals surface area contributed by atoms with E-state index in [0.29, 0.717) is 19.5 Å². The Morgan fingerprint density at radius 3 is 3.00 bits per heavy atom. The average molecular weight is 251 g/mol. The predicted octanol–water partition coefficient (Wildman–Crippen LogP) is 0.545. The second kappa shape index (κ2) is 6.63. The van der Waals surface area contributed by atoms with E-state index in [1.54, 1.807) is 17.9 Å². The van der Waals surface area contributed by atoms with Gasteiger partial charge in [-0.15, -0.1) is 0 Å². The van der Waals surface area contributed by atoms with E-state index in [2.05, 4.69) is 20.4 Å². The lowest BCUT2D eigenvalue weighted by atomic mass is 10.1. The Labute approximate surface area is 105 Å². The fraction of sp³-hybridized carbons (Fsp3) is 0.600. The first-order valence-electron chi connectivity index (χ1n) is 5.60. The van der Waals surface area contributed by atoms with E-state index in [0.717, 1.165) is 11.3 Å². The van der Waals surface area contributed by atoms with E-state index in [9.17, 15) is 4.79 Å². The Morgan fingerprint density at radius 2 is 2.50 bits per heavy atom. The predicted molar refractivity (Wildman–Crippen MR) is 66.5 cm³/mol. The number of hydrogen-bond acceptors (Lipinski definition) is 4. The number of primary amides is 1. The number of azide groups is 1. The largest absolute Gasteiger partial charge is 0.368 e. The Balaban J connectivity index is 2.63. The highest BCUT2D eigenvalue weighted by Crippen LogP contribution is 2.16. The molecule has 1 aromatic rings. The van der Waals surface area contributed by atoms with Crippen LogP contribution in [0.2, 0.25) is 0 Å². The number of hydrogen-bond donors (Lipinski definition) is 2. The highest BCUT2D eigenvalue weighted by molar-refractivity contribution is 5.81. The number of carbonyl (C=O) groups is 1. The summed E-state index contributed by atoms with van der Waals surface area (Å²) in [5, 5.41) is 10.5. The van der Waals surface area contributed by atoms with Crippen molar-refractivity contribution < 1.29 is 4.79 Å². The summed E-state index contributed by atoms with van der Waals surface area (Å²) >= 11 is 0. The SMILES string of the molecule is Cc1c(C(NCCCN=[N+]=[N-])C(N)=O)cnn1C. The summed E-state index contributed by atoms with van der Waals surface area (Å²) in [5.74, 6) is -0.449. The van der Waals surface area contributed by atoms with Crippen LogP contribution in [0.1, 0.15) is 23.7 Å². The molecule has 1 unspecified atom stereocenters. The molecule has 1 heterocycles. The maximum atomic E-state index is 11.4. The third-order valence-corrected chi connectivity index (χ3v) is 2.72. The van der Waals surface area contributed by atoms with Gasteiger partial charge in [0.15, 0.2) is 0 Å². The number of carbonyl (C=O) groups excluding carboxylic acids is 1. The van der Waals surface area contributed by atoms with E-state index in [1.807, 2.05) is 6.92 Å². The van der Waals surface area contributed by atoms with Gasteiger partial charge in [0.2, 0.25) is 5.91 Å². The molecule has 1 rings (SSSR count). The molecule has 0 spiro atoms. The molecular weight excluding hydrogens is 234 g/mol. The molecule has 98 valence electrons. The Morgan fingerprint density at radius 1 is 1.78 bits per heavy atom. The summed E-state index contributed by atoms with van der Waals surface area (Å²) in [5.41, 5.74) is 15.2. The molecule has 0 fully saturated rings. The highest BCUT2D eigenvalue weighted by Gasteiger charge is 2.21. The van der Waals surface area contributed by atoms with Crippen LogP contribution in [0.25, 0.3) is 10.4 Å². The lowest BCUT2D eigenvalue weighted by Crippen LogP contribution is -2.34. The lowest BCUT2D eigenvalue weighted by Gasteiger charge is -2.14. The Bertz CT molecular complexity index is 461. The summed E-state index contributed by atoms with van der Waals surface area (Å²) in [6.07, 6.45) is 2.28. The number of amides is 1. The fourth-order valence-electron chi connectivity index (χ4n) is 1.60. The molecule has 0 bridgehead atoms. The number of nitrogens with one attached hydrogen (secondary N) is 1. The third kappa shape index (κ3) is 3.47. The van der Waals surface area contributed by atoms with Crippen molar-refractivity contribution in [2.24, 2.45) is 17.9 Å². The number of nitrogens with zero attached hydrogens (tertiary/aromatic N) is 5. The molecule has 0 radical (unpaired) electrons. The maximum Gasteiger partial charge on any atom is 0.239 e. The van der Waals surface area contributed by atoms with Crippen molar-refractivity contribution in [2.75, 3.05) is 13.1 Å². The van der Waals surface area contributed by atoms with Crippen LogP contribution in [0, 0.1) is 6.92 Å². The van der Waals surface area contributed by atoms with Crippen LogP contribution in [0.3, 0.4) is 0 Å². The van der Waals surface area contributed by atoms with Crippen molar-refractivity contribution in [1.82, 2.24) is 15.1 Å². The van der Waals surface area contributed by atoms with Crippen molar-refractivity contribution in [3.63, 3.8) is 0 Å². The molecule has 1 amide bonds. The summed E-state index contributed by atoms with van der Waals surface area (Å²) in [6, 6.07) is -0.565. The summed E-state index contributed by atoms with van der Waals surface area (Å²) in [6.45, 7) is 2.81. The summed E-state index contributed by atoms with van der Waals surface area (Å²) < 4.78 is 1.69. The van der Waals surface area contributed by atoms with Crippen LogP contribution in [-0.4, -0.2) is 28.8 Å². The van der Waals surface area contributed by atoms with Gasteiger partial charge in [-0.05, 0) is 25.4 Å². The van der Waals surface area contributed by atoms with Crippen LogP contribution in [-0.2, 0) is 11.8 Å². The van der Waals surface area contributed by atoms with Crippen LogP contribution >= 0.6 is 0 Å². The second-order valence-corrected chi connectivity index (χ2v) is 3.91. The lowest BCUT2D eigenvalue weighted by molar-refractivity contribution is -0.120. The summed E-state index contributed by atoms with van der Waals surface area (Å²) in [7, 11) is 1.80. The minimum atomic E-state index is -0.565. The monoisotopic (exact) mass is 251 g/mol. The topological polar surface area (TPSA) is 122 Å². The molecule has 0 aromatic carbocycles. The smallest absolute Gasteiger partial charge is 0.239 e. The van der Waals surface area contributed by atoms with Crippen LogP contribution in [0.15, 0.2) is 11.3 Å². The standard InChI is InChI=1S/C10H17N7O/c1-7-8(6-15-17(7)2)9(10(11)18)13-4-3-5-14-16-12/h6,9,13H,3-5H2,1-2H3,(H2,11,18). The van der Waals surface area contributed by atoms with Gasteiger partial charge in [-0.1, -0.05) is 5.11 Å². The second-order valence-electron chi connectivity index (χ2n) is 3.91. The Hall–Kier alpha value is -2.05. The molecule has 8 nitrogen and oxygen atoms in total. The van der Waals surface area contributed by atoms with Crippen LogP contribution in [0.4, 0.5) is 0 Å². The number of nitrogens with two attached hydrogens (primary N) is 1. The van der Waals surface area contributed by atoms with Gasteiger partial charge in [0, 0.05) is 29.8 Å². The molecule has 0 saturated heterocycles. The van der Waals surface area contributed by atoms with Crippen molar-refractivity contribution in [1.29, 1.82) is 0 Å². The van der Waals surface area contributed by atoms with Gasteiger partial charge in [-0.2, -0.15) is 5.10 Å². The van der Waals surface area contributed by atoms with Crippen molar-refractivity contribution in [2.45, 2.75) is 19.4 Å². The van der Waals surface area contributed by atoms with Crippen molar-refractivity contribution in [3.8, 4) is 0 Å². The van der Waals surface area contributed by atoms with Crippen LogP contribution < -0.4 is 11.1 Å². The molecule has 0 aliphatic rings. The van der Waals surface area contributed by atoms with E-state index < -0.39 is 11.9 Å². The van der Waals surface area contributed by atoms with Crippen molar-refractivity contribution in [3.05, 3.63) is 27.9 Å². The quantitative estimate of drug-likeness (QED) is 0.318. The van der Waals surface area contributed by atoms with Gasteiger partial charge in [0.25, 0.3) is 0 Å². The number of rotatable bonds is 7. The fourth-order valence-corrected chi connectivity index (χ4v) is 1.60. The van der Waals surface area contributed by atoms with Gasteiger partial charge in [-0.25, -0.2) is 0 Å². The molecule has 1 aromatic heterocycles. The van der Waals surface area contributed by atoms with Gasteiger partial charge < -0.3 is 11.1 Å². The average Bonchev–Trinajstić information content (AvgIpc) is 2.65. The van der Waals surface area contributed by atoms with E-state index >= 15 is 0 Å². The molecule has 0 saturated carbocycles.